The summed E-state index contributed by atoms with van der Waals surface area (Å²) in [7, 11) is 0. The van der Waals surface area contributed by atoms with Gasteiger partial charge >= 0.3 is 0 Å². The van der Waals surface area contributed by atoms with Gasteiger partial charge in [0.1, 0.15) is 5.52 Å². The molecule has 0 atom stereocenters. The maximum absolute atomic E-state index is 12.9. The normalized spacial score (nSPS) is 13.1. The minimum absolute atomic E-state index is 0.101. The highest BCUT2D eigenvalue weighted by Crippen LogP contribution is 2.22. The van der Waals surface area contributed by atoms with Crippen molar-refractivity contribution >= 4 is 28.7 Å². The molecule has 8 nitrogen and oxygen atoms in total. The Morgan fingerprint density at radius 1 is 1.03 bits per heavy atom. The molecule has 2 amide bonds. The van der Waals surface area contributed by atoms with Crippen LogP contribution in [0.1, 0.15) is 37.4 Å². The molecule has 150 valence electrons. The monoisotopic (exact) mass is 393 g/mol. The van der Waals surface area contributed by atoms with E-state index in [4.69, 9.17) is 0 Å². The van der Waals surface area contributed by atoms with Crippen LogP contribution in [0, 0.1) is 0 Å². The van der Waals surface area contributed by atoms with Gasteiger partial charge in [0, 0.05) is 49.2 Å². The van der Waals surface area contributed by atoms with Crippen molar-refractivity contribution < 1.29 is 9.59 Å². The number of carbonyl (C=O) groups excluding carboxylic acids is 2. The van der Waals surface area contributed by atoms with E-state index < -0.39 is 0 Å². The van der Waals surface area contributed by atoms with Gasteiger partial charge in [0.2, 0.25) is 11.8 Å². The Balaban J connectivity index is 1.43. The van der Waals surface area contributed by atoms with E-state index in [2.05, 4.69) is 15.7 Å². The van der Waals surface area contributed by atoms with Gasteiger partial charge in [-0.05, 0) is 49.9 Å². The fraction of sp³-hybridized carbons (Fsp3) is 0.333. The van der Waals surface area contributed by atoms with Crippen LogP contribution in [0.15, 0.2) is 41.5 Å². The molecule has 0 aliphatic heterocycles. The molecule has 8 heteroatoms. The summed E-state index contributed by atoms with van der Waals surface area (Å²) < 4.78 is 3.25. The lowest BCUT2D eigenvalue weighted by atomic mass is 9.97. The quantitative estimate of drug-likeness (QED) is 0.695. The summed E-state index contributed by atoms with van der Waals surface area (Å²) in [5, 5.41) is 10.0. The van der Waals surface area contributed by atoms with Crippen LogP contribution < -0.4 is 16.2 Å². The molecule has 0 saturated heterocycles. The molecule has 3 aromatic rings. The second kappa shape index (κ2) is 7.90. The molecule has 0 saturated carbocycles. The number of fused-ring (bicyclic) bond motifs is 3. The SMILES string of the molecule is CC(=O)Nc1ccc(NC(=O)CCn2ccn3nc4c(c3c2=O)CCCC4)cc1. The zero-order chi connectivity index (χ0) is 20.4. The van der Waals surface area contributed by atoms with Crippen LogP contribution in [0.5, 0.6) is 0 Å². The first-order valence-electron chi connectivity index (χ1n) is 9.78. The fourth-order valence-electron chi connectivity index (χ4n) is 3.72. The number of aromatic nitrogens is 3. The number of rotatable bonds is 5. The van der Waals surface area contributed by atoms with E-state index in [0.717, 1.165) is 36.9 Å². The number of carbonyl (C=O) groups is 2. The lowest BCUT2D eigenvalue weighted by molar-refractivity contribution is -0.116. The minimum atomic E-state index is -0.181. The number of hydrogen-bond acceptors (Lipinski definition) is 4. The summed E-state index contributed by atoms with van der Waals surface area (Å²) in [5.41, 5.74) is 3.91. The molecule has 0 radical (unpaired) electrons. The standard InChI is InChI=1S/C21H23N5O3/c1-14(27)22-15-6-8-16(9-7-15)23-19(28)10-11-25-12-13-26-20(21(25)29)17-4-2-3-5-18(17)24-26/h6-9,12-13H,2-5,10-11H2,1H3,(H,22,27)(H,23,28). The van der Waals surface area contributed by atoms with E-state index >= 15 is 0 Å². The highest BCUT2D eigenvalue weighted by Gasteiger charge is 2.19. The number of nitrogens with one attached hydrogen (secondary N) is 2. The largest absolute Gasteiger partial charge is 0.326 e. The third-order valence-corrected chi connectivity index (χ3v) is 5.10. The van der Waals surface area contributed by atoms with E-state index in [1.807, 2.05) is 0 Å². The molecular weight excluding hydrogens is 370 g/mol. The summed E-state index contributed by atoms with van der Waals surface area (Å²) >= 11 is 0. The van der Waals surface area contributed by atoms with E-state index in [9.17, 15) is 14.4 Å². The lowest BCUT2D eigenvalue weighted by Crippen LogP contribution is -2.24. The topological polar surface area (TPSA) is 97.5 Å². The van der Waals surface area contributed by atoms with Crippen molar-refractivity contribution in [2.45, 2.75) is 45.6 Å². The highest BCUT2D eigenvalue weighted by atomic mass is 16.2. The van der Waals surface area contributed by atoms with E-state index in [1.165, 1.54) is 6.92 Å². The molecule has 1 aliphatic carbocycles. The van der Waals surface area contributed by atoms with E-state index in [1.54, 1.807) is 45.7 Å². The van der Waals surface area contributed by atoms with Crippen LogP contribution in [-0.2, 0) is 29.0 Å². The third kappa shape index (κ3) is 4.06. The average Bonchev–Trinajstić information content (AvgIpc) is 3.08. The van der Waals surface area contributed by atoms with Crippen molar-refractivity contribution in [1.29, 1.82) is 0 Å². The molecule has 4 rings (SSSR count). The highest BCUT2D eigenvalue weighted by molar-refractivity contribution is 5.92. The van der Waals surface area contributed by atoms with Gasteiger partial charge in [-0.25, -0.2) is 4.52 Å². The van der Waals surface area contributed by atoms with Gasteiger partial charge in [-0.2, -0.15) is 5.10 Å². The molecule has 0 fully saturated rings. The fourth-order valence-corrected chi connectivity index (χ4v) is 3.72. The minimum Gasteiger partial charge on any atom is -0.326 e. The maximum atomic E-state index is 12.9. The molecule has 1 aromatic carbocycles. The van der Waals surface area contributed by atoms with Crippen LogP contribution in [0.3, 0.4) is 0 Å². The Bertz CT molecular complexity index is 1130. The second-order valence-electron chi connectivity index (χ2n) is 7.28. The van der Waals surface area contributed by atoms with Gasteiger partial charge in [0.25, 0.3) is 5.56 Å². The number of aryl methyl sites for hydroxylation is 3. The molecule has 29 heavy (non-hydrogen) atoms. The molecule has 1 aliphatic rings. The summed E-state index contributed by atoms with van der Waals surface area (Å²) in [6.07, 6.45) is 7.63. The van der Waals surface area contributed by atoms with Crippen LogP contribution >= 0.6 is 0 Å². The molecule has 0 unspecified atom stereocenters. The van der Waals surface area contributed by atoms with Crippen molar-refractivity contribution in [3.8, 4) is 0 Å². The van der Waals surface area contributed by atoms with Crippen molar-refractivity contribution in [3.05, 3.63) is 58.3 Å². The Morgan fingerprint density at radius 3 is 2.45 bits per heavy atom. The first-order chi connectivity index (χ1) is 14.0. The van der Waals surface area contributed by atoms with Gasteiger partial charge in [-0.1, -0.05) is 0 Å². The molecular formula is C21H23N5O3. The van der Waals surface area contributed by atoms with Gasteiger partial charge in [-0.3, -0.25) is 14.4 Å². The number of benzene rings is 1. The lowest BCUT2D eigenvalue weighted by Gasteiger charge is -2.10. The maximum Gasteiger partial charge on any atom is 0.276 e. The Kier molecular flexibility index (Phi) is 5.16. The van der Waals surface area contributed by atoms with Gasteiger partial charge in [0.15, 0.2) is 0 Å². The molecule has 2 aromatic heterocycles. The number of hydrogen-bond donors (Lipinski definition) is 2. The molecule has 0 bridgehead atoms. The predicted molar refractivity (Wildman–Crippen MR) is 110 cm³/mol. The molecule has 2 N–H and O–H groups in total. The molecule has 0 spiro atoms. The number of amides is 2. The average molecular weight is 393 g/mol. The van der Waals surface area contributed by atoms with Gasteiger partial charge in [0.05, 0.1) is 5.69 Å². The van der Waals surface area contributed by atoms with Crippen molar-refractivity contribution in [2.24, 2.45) is 0 Å². The Morgan fingerprint density at radius 2 is 1.72 bits per heavy atom. The van der Waals surface area contributed by atoms with Crippen LogP contribution in [0.2, 0.25) is 0 Å². The summed E-state index contributed by atoms with van der Waals surface area (Å²) in [4.78, 5) is 36.2. The van der Waals surface area contributed by atoms with Gasteiger partial charge < -0.3 is 15.2 Å². The zero-order valence-electron chi connectivity index (χ0n) is 16.3. The smallest absolute Gasteiger partial charge is 0.276 e. The van der Waals surface area contributed by atoms with Crippen LogP contribution in [-0.4, -0.2) is 26.0 Å². The number of anilines is 2. The van der Waals surface area contributed by atoms with E-state index in [-0.39, 0.29) is 23.8 Å². The van der Waals surface area contributed by atoms with Crippen molar-refractivity contribution in [2.75, 3.05) is 10.6 Å². The Hall–Kier alpha value is -3.42. The van der Waals surface area contributed by atoms with Gasteiger partial charge in [-0.15, -0.1) is 0 Å². The van der Waals surface area contributed by atoms with Crippen LogP contribution in [0.4, 0.5) is 11.4 Å². The first kappa shape index (κ1) is 18.9. The predicted octanol–water partition coefficient (Wildman–Crippen LogP) is 2.36. The van der Waals surface area contributed by atoms with E-state index in [0.29, 0.717) is 23.4 Å². The number of nitrogens with zero attached hydrogens (tertiary/aromatic N) is 3. The first-order valence-corrected chi connectivity index (χ1v) is 9.78. The second-order valence-corrected chi connectivity index (χ2v) is 7.28. The van der Waals surface area contributed by atoms with Crippen LogP contribution in [0.25, 0.3) is 5.52 Å². The van der Waals surface area contributed by atoms with Crippen molar-refractivity contribution in [1.82, 2.24) is 14.2 Å². The Labute approximate surface area is 167 Å². The summed E-state index contributed by atoms with van der Waals surface area (Å²) in [6.45, 7) is 1.74. The zero-order valence-corrected chi connectivity index (χ0v) is 16.3. The van der Waals surface area contributed by atoms with Crippen molar-refractivity contribution in [3.63, 3.8) is 0 Å². The summed E-state index contributed by atoms with van der Waals surface area (Å²) in [5.74, 6) is -0.330. The third-order valence-electron chi connectivity index (χ3n) is 5.10. The molecule has 2 heterocycles. The summed E-state index contributed by atoms with van der Waals surface area (Å²) in [6, 6.07) is 6.89.